The smallest absolute Gasteiger partial charge is 0.305 e. The molecule has 3 aromatic rings. The number of nitrogens with one attached hydrogen (secondary N) is 2. The van der Waals surface area contributed by atoms with Gasteiger partial charge in [-0.2, -0.15) is 0 Å². The Labute approximate surface area is 203 Å². The largest absolute Gasteiger partial charge is 0.481 e. The Morgan fingerprint density at radius 1 is 1.11 bits per heavy atom. The van der Waals surface area contributed by atoms with E-state index in [9.17, 15) is 19.5 Å². The highest BCUT2D eigenvalue weighted by atomic mass is 16.4. The molecule has 0 saturated carbocycles. The van der Waals surface area contributed by atoms with Gasteiger partial charge in [0.15, 0.2) is 0 Å². The number of carbonyl (C=O) groups excluding carboxylic acids is 2. The Morgan fingerprint density at radius 3 is 2.69 bits per heavy atom. The average Bonchev–Trinajstić information content (AvgIpc) is 2.99. The number of carboxylic acids is 1. The zero-order valence-electron chi connectivity index (χ0n) is 19.2. The first kappa shape index (κ1) is 23.9. The molecule has 0 unspecified atom stereocenters. The van der Waals surface area contributed by atoms with Gasteiger partial charge in [0, 0.05) is 55.9 Å². The Hall–Kier alpha value is -4.27. The molecule has 2 heterocycles. The Balaban J connectivity index is 1.47. The van der Waals surface area contributed by atoms with Crippen molar-refractivity contribution >= 4 is 23.5 Å². The second kappa shape index (κ2) is 11.2. The van der Waals surface area contributed by atoms with Crippen LogP contribution in [0.25, 0.3) is 0 Å². The van der Waals surface area contributed by atoms with E-state index < -0.39 is 12.0 Å². The molecular weight excluding hydrogens is 446 g/mol. The molecule has 2 aromatic carbocycles. The summed E-state index contributed by atoms with van der Waals surface area (Å²) in [5.74, 6) is -1.60. The number of carbonyl (C=O) groups is 3. The minimum Gasteiger partial charge on any atom is -0.481 e. The number of aromatic nitrogens is 2. The summed E-state index contributed by atoms with van der Waals surface area (Å²) in [6.07, 6.45) is 5.71. The fraction of sp³-hybridized carbons (Fsp3) is 0.269. The van der Waals surface area contributed by atoms with E-state index in [0.717, 1.165) is 16.8 Å². The fourth-order valence-corrected chi connectivity index (χ4v) is 4.02. The van der Waals surface area contributed by atoms with Gasteiger partial charge in [-0.15, -0.1) is 0 Å². The number of benzene rings is 2. The predicted octanol–water partition coefficient (Wildman–Crippen LogP) is 2.29. The molecule has 1 aromatic heterocycles. The van der Waals surface area contributed by atoms with Crippen molar-refractivity contribution in [3.05, 3.63) is 89.5 Å². The van der Waals surface area contributed by atoms with E-state index in [1.165, 1.54) is 0 Å². The lowest BCUT2D eigenvalue weighted by Crippen LogP contribution is -2.42. The van der Waals surface area contributed by atoms with Crippen LogP contribution in [0.1, 0.15) is 33.6 Å². The molecule has 35 heavy (non-hydrogen) atoms. The number of nitrogens with zero attached hydrogens (tertiary/aromatic N) is 3. The van der Waals surface area contributed by atoms with Crippen LogP contribution < -0.4 is 10.6 Å². The van der Waals surface area contributed by atoms with Gasteiger partial charge in [-0.1, -0.05) is 36.4 Å². The number of hydrogen-bond acceptors (Lipinski definition) is 6. The molecule has 9 nitrogen and oxygen atoms in total. The van der Waals surface area contributed by atoms with E-state index in [4.69, 9.17) is 0 Å². The zero-order chi connectivity index (χ0) is 24.6. The molecule has 0 radical (unpaired) electrons. The number of aliphatic carboxylic acids is 1. The molecule has 1 atom stereocenters. The molecule has 0 bridgehead atoms. The summed E-state index contributed by atoms with van der Waals surface area (Å²) >= 11 is 0. The van der Waals surface area contributed by atoms with Crippen LogP contribution in [0.4, 0.5) is 5.69 Å². The van der Waals surface area contributed by atoms with E-state index in [2.05, 4.69) is 20.6 Å². The SMILES string of the molecule is O=C(O)C[C@H]1Nc2cc(C(=O)NCCc3cnccn3)ccc2CN(CCc2ccccc2)C1=O. The third-order valence-corrected chi connectivity index (χ3v) is 5.85. The van der Waals surface area contributed by atoms with Crippen LogP contribution >= 0.6 is 0 Å². The van der Waals surface area contributed by atoms with Crippen LogP contribution in [-0.4, -0.2) is 56.9 Å². The standard InChI is InChI=1S/C26H27N5O4/c32-24(33)15-23-26(35)31(13-9-18-4-2-1-3-5-18)17-20-7-6-19(14-22(20)30-23)25(34)29-10-8-21-16-27-11-12-28-21/h1-7,11-12,14,16,23,30H,8-10,13,15,17H2,(H,29,34)(H,32,33)/t23-/m1/s1. The predicted molar refractivity (Wildman–Crippen MR) is 130 cm³/mol. The second-order valence-electron chi connectivity index (χ2n) is 8.36. The van der Waals surface area contributed by atoms with E-state index in [1.54, 1.807) is 35.6 Å². The van der Waals surface area contributed by atoms with Crippen LogP contribution in [0, 0.1) is 0 Å². The first-order valence-electron chi connectivity index (χ1n) is 11.5. The Bertz CT molecular complexity index is 1190. The maximum atomic E-state index is 13.2. The number of anilines is 1. The molecule has 1 aliphatic rings. The van der Waals surface area contributed by atoms with Crippen molar-refractivity contribution in [2.75, 3.05) is 18.4 Å². The molecule has 2 amide bonds. The molecule has 9 heteroatoms. The summed E-state index contributed by atoms with van der Waals surface area (Å²) in [6.45, 7) is 1.19. The van der Waals surface area contributed by atoms with Crippen molar-refractivity contribution < 1.29 is 19.5 Å². The molecule has 180 valence electrons. The molecule has 0 spiro atoms. The summed E-state index contributed by atoms with van der Waals surface area (Å²) in [5.41, 5.74) is 3.72. The summed E-state index contributed by atoms with van der Waals surface area (Å²) in [7, 11) is 0. The molecule has 0 fully saturated rings. The molecule has 4 rings (SSSR count). The van der Waals surface area contributed by atoms with Gasteiger partial charge in [0.05, 0.1) is 12.1 Å². The first-order chi connectivity index (χ1) is 17.0. The number of carboxylic acid groups (broad SMARTS) is 1. The highest BCUT2D eigenvalue weighted by Crippen LogP contribution is 2.26. The van der Waals surface area contributed by atoms with E-state index >= 15 is 0 Å². The quantitative estimate of drug-likeness (QED) is 0.435. The molecule has 3 N–H and O–H groups in total. The van der Waals surface area contributed by atoms with Gasteiger partial charge in [-0.25, -0.2) is 0 Å². The number of amides is 2. The normalized spacial score (nSPS) is 15.0. The Morgan fingerprint density at radius 2 is 1.94 bits per heavy atom. The van der Waals surface area contributed by atoms with Crippen LogP contribution in [0.2, 0.25) is 0 Å². The molecule has 0 saturated heterocycles. The monoisotopic (exact) mass is 473 g/mol. The number of rotatable bonds is 9. The van der Waals surface area contributed by atoms with Gasteiger partial charge in [0.1, 0.15) is 6.04 Å². The maximum absolute atomic E-state index is 13.2. The third kappa shape index (κ3) is 6.41. The van der Waals surface area contributed by atoms with Crippen LogP contribution in [0.3, 0.4) is 0 Å². The van der Waals surface area contributed by atoms with Crippen LogP contribution in [0.5, 0.6) is 0 Å². The van der Waals surface area contributed by atoms with E-state index in [0.29, 0.717) is 43.7 Å². The highest BCUT2D eigenvalue weighted by molar-refractivity contribution is 5.96. The van der Waals surface area contributed by atoms with Gasteiger partial charge in [0.2, 0.25) is 5.91 Å². The van der Waals surface area contributed by atoms with E-state index in [-0.39, 0.29) is 18.2 Å². The zero-order valence-corrected chi connectivity index (χ0v) is 19.2. The third-order valence-electron chi connectivity index (χ3n) is 5.85. The van der Waals surface area contributed by atoms with Gasteiger partial charge < -0.3 is 20.6 Å². The van der Waals surface area contributed by atoms with Crippen molar-refractivity contribution in [1.29, 1.82) is 0 Å². The summed E-state index contributed by atoms with van der Waals surface area (Å²) in [4.78, 5) is 47.2. The van der Waals surface area contributed by atoms with Crippen LogP contribution in [-0.2, 0) is 29.0 Å². The Kier molecular flexibility index (Phi) is 7.67. The average molecular weight is 474 g/mol. The fourth-order valence-electron chi connectivity index (χ4n) is 4.02. The van der Waals surface area contributed by atoms with Crippen molar-refractivity contribution in [2.24, 2.45) is 0 Å². The van der Waals surface area contributed by atoms with Crippen molar-refractivity contribution in [1.82, 2.24) is 20.2 Å². The second-order valence-corrected chi connectivity index (χ2v) is 8.36. The first-order valence-corrected chi connectivity index (χ1v) is 11.5. The lowest BCUT2D eigenvalue weighted by Gasteiger charge is -2.24. The maximum Gasteiger partial charge on any atom is 0.305 e. The minimum atomic E-state index is -1.07. The molecular formula is C26H27N5O4. The summed E-state index contributed by atoms with van der Waals surface area (Å²) in [5, 5.41) is 15.3. The lowest BCUT2D eigenvalue weighted by molar-refractivity contribution is -0.141. The van der Waals surface area contributed by atoms with Gasteiger partial charge in [-0.3, -0.25) is 24.4 Å². The summed E-state index contributed by atoms with van der Waals surface area (Å²) < 4.78 is 0. The van der Waals surface area contributed by atoms with Crippen molar-refractivity contribution in [3.8, 4) is 0 Å². The highest BCUT2D eigenvalue weighted by Gasteiger charge is 2.31. The lowest BCUT2D eigenvalue weighted by atomic mass is 10.1. The summed E-state index contributed by atoms with van der Waals surface area (Å²) in [6, 6.07) is 14.1. The van der Waals surface area contributed by atoms with Crippen LogP contribution in [0.15, 0.2) is 67.1 Å². The topological polar surface area (TPSA) is 125 Å². The van der Waals surface area contributed by atoms with Gasteiger partial charge in [-0.05, 0) is 29.7 Å². The number of fused-ring (bicyclic) bond motifs is 1. The number of hydrogen-bond donors (Lipinski definition) is 3. The minimum absolute atomic E-state index is 0.259. The molecule has 0 aliphatic carbocycles. The van der Waals surface area contributed by atoms with Gasteiger partial charge in [0.25, 0.3) is 5.91 Å². The van der Waals surface area contributed by atoms with Crippen molar-refractivity contribution in [3.63, 3.8) is 0 Å². The van der Waals surface area contributed by atoms with Gasteiger partial charge >= 0.3 is 5.97 Å². The van der Waals surface area contributed by atoms with E-state index in [1.807, 2.05) is 36.4 Å². The molecule has 1 aliphatic heterocycles. The van der Waals surface area contributed by atoms with Crippen molar-refractivity contribution in [2.45, 2.75) is 31.8 Å².